The van der Waals surface area contributed by atoms with Gasteiger partial charge in [-0.2, -0.15) is 0 Å². The largest absolute Gasteiger partial charge is 0.508 e. The van der Waals surface area contributed by atoms with E-state index in [2.05, 4.69) is 9.97 Å². The van der Waals surface area contributed by atoms with E-state index in [-0.39, 0.29) is 17.1 Å². The van der Waals surface area contributed by atoms with E-state index < -0.39 is 5.91 Å². The first-order valence-electron chi connectivity index (χ1n) is 8.59. The molecule has 0 bridgehead atoms. The summed E-state index contributed by atoms with van der Waals surface area (Å²) in [5, 5.41) is 10.8. The Hall–Kier alpha value is -3.09. The van der Waals surface area contributed by atoms with Gasteiger partial charge in [-0.3, -0.25) is 9.36 Å². The molecule has 1 aliphatic rings. The number of primary amides is 1. The van der Waals surface area contributed by atoms with Crippen molar-refractivity contribution < 1.29 is 9.90 Å². The van der Waals surface area contributed by atoms with E-state index in [0.29, 0.717) is 34.0 Å². The van der Waals surface area contributed by atoms with E-state index in [1.165, 1.54) is 0 Å². The van der Waals surface area contributed by atoms with Crippen LogP contribution in [0.4, 0.5) is 5.82 Å². The number of aromatic hydroxyl groups is 1. The molecule has 5 N–H and O–H groups in total. The third kappa shape index (κ3) is 2.23. The van der Waals surface area contributed by atoms with Crippen molar-refractivity contribution in [2.24, 2.45) is 5.73 Å². The summed E-state index contributed by atoms with van der Waals surface area (Å²) in [4.78, 5) is 21.4. The molecule has 2 heterocycles. The van der Waals surface area contributed by atoms with Crippen LogP contribution in [0.5, 0.6) is 5.75 Å². The summed E-state index contributed by atoms with van der Waals surface area (Å²) in [6.45, 7) is 5.56. The Kier molecular flexibility index (Phi) is 3.44. The fraction of sp³-hybridized carbons (Fsp3) is 0.316. The van der Waals surface area contributed by atoms with E-state index in [0.717, 1.165) is 24.1 Å². The summed E-state index contributed by atoms with van der Waals surface area (Å²) in [6.07, 6.45) is 2.05. The second-order valence-corrected chi connectivity index (χ2v) is 6.96. The number of aromatic nitrogens is 3. The van der Waals surface area contributed by atoms with E-state index in [1.807, 2.05) is 26.8 Å². The van der Waals surface area contributed by atoms with Crippen molar-refractivity contribution in [3.05, 3.63) is 40.3 Å². The minimum Gasteiger partial charge on any atom is -0.508 e. The highest BCUT2D eigenvalue weighted by molar-refractivity contribution is 6.12. The Bertz CT molecular complexity index is 1080. The van der Waals surface area contributed by atoms with Gasteiger partial charge in [-0.1, -0.05) is 6.07 Å². The number of carbonyl (C=O) groups is 1. The molecule has 1 fully saturated rings. The number of phenols is 1. The van der Waals surface area contributed by atoms with Crippen molar-refractivity contribution in [1.29, 1.82) is 0 Å². The van der Waals surface area contributed by atoms with Crippen LogP contribution in [0, 0.1) is 20.8 Å². The molecule has 1 aromatic carbocycles. The molecule has 26 heavy (non-hydrogen) atoms. The molecular formula is C19H21N5O2. The summed E-state index contributed by atoms with van der Waals surface area (Å²) in [7, 11) is 0. The summed E-state index contributed by atoms with van der Waals surface area (Å²) in [5.74, 6) is 0.700. The first-order chi connectivity index (χ1) is 12.3. The highest BCUT2D eigenvalue weighted by Gasteiger charge is 2.33. The van der Waals surface area contributed by atoms with Crippen LogP contribution >= 0.6 is 0 Å². The molecule has 4 rings (SSSR count). The number of benzene rings is 1. The zero-order valence-corrected chi connectivity index (χ0v) is 15.0. The molecule has 0 spiro atoms. The van der Waals surface area contributed by atoms with Crippen molar-refractivity contribution in [3.8, 4) is 11.4 Å². The van der Waals surface area contributed by atoms with Crippen LogP contribution in [0.15, 0.2) is 12.1 Å². The lowest BCUT2D eigenvalue weighted by molar-refractivity contribution is 0.100. The van der Waals surface area contributed by atoms with Crippen LogP contribution in [-0.4, -0.2) is 25.5 Å². The number of amides is 1. The van der Waals surface area contributed by atoms with Gasteiger partial charge in [0, 0.05) is 11.5 Å². The molecular weight excluding hydrogens is 330 g/mol. The van der Waals surface area contributed by atoms with Gasteiger partial charge in [0.25, 0.3) is 5.91 Å². The van der Waals surface area contributed by atoms with Gasteiger partial charge >= 0.3 is 0 Å². The van der Waals surface area contributed by atoms with E-state index in [4.69, 9.17) is 11.5 Å². The smallest absolute Gasteiger partial charge is 0.253 e. The van der Waals surface area contributed by atoms with Crippen molar-refractivity contribution in [3.63, 3.8) is 0 Å². The SMILES string of the molecule is Cc1nc(C2CC2)c2c(C(N)=O)c(N)n(-c3c(C)ccc(O)c3C)c2n1. The Labute approximate surface area is 150 Å². The van der Waals surface area contributed by atoms with Gasteiger partial charge in [0.1, 0.15) is 17.4 Å². The highest BCUT2D eigenvalue weighted by atomic mass is 16.3. The molecule has 0 radical (unpaired) electrons. The van der Waals surface area contributed by atoms with E-state index in [9.17, 15) is 9.90 Å². The molecule has 3 aromatic rings. The summed E-state index contributed by atoms with van der Waals surface area (Å²) < 4.78 is 1.72. The normalized spacial score (nSPS) is 14.1. The van der Waals surface area contributed by atoms with Crippen LogP contribution in [0.25, 0.3) is 16.7 Å². The van der Waals surface area contributed by atoms with Crippen LogP contribution in [-0.2, 0) is 0 Å². The molecule has 0 saturated heterocycles. The standard InChI is InChI=1S/C19H21N5O2/c1-8-4-7-12(25)9(2)16(8)24-17(20)14(18(21)26)13-15(11-5-6-11)22-10(3)23-19(13)24/h4,7,11,25H,5-6,20H2,1-3H3,(H2,21,26). The Balaban J connectivity index is 2.20. The monoisotopic (exact) mass is 351 g/mol. The number of aryl methyl sites for hydroxylation is 2. The molecule has 7 heteroatoms. The van der Waals surface area contributed by atoms with Crippen LogP contribution < -0.4 is 11.5 Å². The minimum atomic E-state index is -0.601. The Morgan fingerprint density at radius 3 is 2.54 bits per heavy atom. The first-order valence-corrected chi connectivity index (χ1v) is 8.59. The quantitative estimate of drug-likeness (QED) is 0.670. The molecule has 0 atom stereocenters. The molecule has 134 valence electrons. The molecule has 0 aliphatic heterocycles. The second kappa shape index (κ2) is 5.45. The Morgan fingerprint density at radius 1 is 1.23 bits per heavy atom. The zero-order valence-electron chi connectivity index (χ0n) is 15.0. The molecule has 0 unspecified atom stereocenters. The van der Waals surface area contributed by atoms with Crippen LogP contribution in [0.3, 0.4) is 0 Å². The van der Waals surface area contributed by atoms with Gasteiger partial charge in [0.2, 0.25) is 0 Å². The number of fused-ring (bicyclic) bond motifs is 1. The number of hydrogen-bond donors (Lipinski definition) is 3. The zero-order chi connectivity index (χ0) is 18.7. The fourth-order valence-electron chi connectivity index (χ4n) is 3.63. The maximum absolute atomic E-state index is 12.2. The average molecular weight is 351 g/mol. The van der Waals surface area contributed by atoms with Gasteiger partial charge in [-0.15, -0.1) is 0 Å². The number of phenolic OH excluding ortho intramolecular Hbond substituents is 1. The molecule has 1 aliphatic carbocycles. The maximum Gasteiger partial charge on any atom is 0.253 e. The van der Waals surface area contributed by atoms with E-state index >= 15 is 0 Å². The van der Waals surface area contributed by atoms with Gasteiger partial charge < -0.3 is 16.6 Å². The maximum atomic E-state index is 12.2. The third-order valence-electron chi connectivity index (χ3n) is 5.03. The topological polar surface area (TPSA) is 120 Å². The number of anilines is 1. The number of nitrogen functional groups attached to an aromatic ring is 1. The average Bonchev–Trinajstić information content (AvgIpc) is 3.37. The van der Waals surface area contributed by atoms with E-state index in [1.54, 1.807) is 10.6 Å². The summed E-state index contributed by atoms with van der Waals surface area (Å²) >= 11 is 0. The lowest BCUT2D eigenvalue weighted by atomic mass is 10.1. The number of rotatable bonds is 3. The van der Waals surface area contributed by atoms with Gasteiger partial charge in [-0.25, -0.2) is 9.97 Å². The lowest BCUT2D eigenvalue weighted by Crippen LogP contribution is -2.14. The number of nitrogens with two attached hydrogens (primary N) is 2. The minimum absolute atomic E-state index is 0.153. The molecule has 1 amide bonds. The van der Waals surface area contributed by atoms with Crippen molar-refractivity contribution in [1.82, 2.24) is 14.5 Å². The number of nitrogens with zero attached hydrogens (tertiary/aromatic N) is 3. The predicted octanol–water partition coefficient (Wildman–Crippen LogP) is 2.61. The molecule has 1 saturated carbocycles. The lowest BCUT2D eigenvalue weighted by Gasteiger charge is -2.15. The van der Waals surface area contributed by atoms with Crippen molar-refractivity contribution in [2.75, 3.05) is 5.73 Å². The van der Waals surface area contributed by atoms with Gasteiger partial charge in [0.15, 0.2) is 5.65 Å². The van der Waals surface area contributed by atoms with Crippen LogP contribution in [0.1, 0.15) is 51.8 Å². The van der Waals surface area contributed by atoms with Gasteiger partial charge in [0.05, 0.1) is 22.3 Å². The highest BCUT2D eigenvalue weighted by Crippen LogP contribution is 2.45. The third-order valence-corrected chi connectivity index (χ3v) is 5.03. The predicted molar refractivity (Wildman–Crippen MR) is 99.6 cm³/mol. The Morgan fingerprint density at radius 2 is 1.92 bits per heavy atom. The second-order valence-electron chi connectivity index (χ2n) is 6.96. The first kappa shape index (κ1) is 16.4. The van der Waals surface area contributed by atoms with Crippen molar-refractivity contribution >= 4 is 22.8 Å². The molecule has 7 nitrogen and oxygen atoms in total. The fourth-order valence-corrected chi connectivity index (χ4v) is 3.63. The summed E-state index contributed by atoms with van der Waals surface area (Å²) in [5.41, 5.74) is 16.0. The number of hydrogen-bond acceptors (Lipinski definition) is 5. The van der Waals surface area contributed by atoms with Crippen molar-refractivity contribution in [2.45, 2.75) is 39.5 Å². The van der Waals surface area contributed by atoms with Crippen LogP contribution in [0.2, 0.25) is 0 Å². The molecule has 2 aromatic heterocycles. The number of carbonyl (C=O) groups excluding carboxylic acids is 1. The summed E-state index contributed by atoms with van der Waals surface area (Å²) in [6, 6.07) is 3.45. The van der Waals surface area contributed by atoms with Gasteiger partial charge in [-0.05, 0) is 45.2 Å².